The number of nitrogens with zero attached hydrogens (tertiary/aromatic N) is 1. The van der Waals surface area contributed by atoms with Gasteiger partial charge in [0.05, 0.1) is 36.4 Å². The molecule has 2 aromatic carbocycles. The second kappa shape index (κ2) is 12.6. The molecule has 0 unspecified atom stereocenters. The lowest BCUT2D eigenvalue weighted by Gasteiger charge is -2.30. The fraction of sp³-hybridized carbons (Fsp3) is 0.552. The first-order valence-electron chi connectivity index (χ1n) is 14.0. The number of nitrogen functional groups attached to an aromatic ring is 1. The van der Waals surface area contributed by atoms with Crippen LogP contribution in [-0.4, -0.2) is 81.1 Å². The number of ether oxygens (including phenoxy) is 4. The summed E-state index contributed by atoms with van der Waals surface area (Å²) in [6, 6.07) is 14.4. The number of sulfonamides is 1. The SMILES string of the molecule is CC(C)CN(C[C@@H](O)[C@H](Cc1ccccc1)NC(=O)O[C@@H]1C[C@H]2[C@@H](O1)O[C@@H]1COC[C@H]21)S(=O)(=O)c1ccc(N)cc1. The van der Waals surface area contributed by atoms with Gasteiger partial charge in [-0.3, -0.25) is 0 Å². The Morgan fingerprint density at radius 3 is 2.51 bits per heavy atom. The molecule has 3 aliphatic rings. The largest absolute Gasteiger partial charge is 0.420 e. The zero-order valence-electron chi connectivity index (χ0n) is 23.3. The third-order valence-electron chi connectivity index (χ3n) is 7.81. The van der Waals surface area contributed by atoms with Crippen LogP contribution in [0.4, 0.5) is 10.5 Å². The van der Waals surface area contributed by atoms with E-state index in [9.17, 15) is 18.3 Å². The van der Waals surface area contributed by atoms with Gasteiger partial charge in [0.1, 0.15) is 0 Å². The van der Waals surface area contributed by atoms with Gasteiger partial charge in [0.2, 0.25) is 16.3 Å². The molecular weight excluding hydrogens is 550 g/mol. The van der Waals surface area contributed by atoms with Gasteiger partial charge in [-0.2, -0.15) is 4.31 Å². The maximum absolute atomic E-state index is 13.5. The number of alkyl carbamates (subject to hydrolysis) is 1. The van der Waals surface area contributed by atoms with E-state index in [4.69, 9.17) is 24.7 Å². The summed E-state index contributed by atoms with van der Waals surface area (Å²) in [6.45, 7) is 4.89. The van der Waals surface area contributed by atoms with E-state index in [0.29, 0.717) is 25.3 Å². The van der Waals surface area contributed by atoms with Crippen molar-refractivity contribution in [1.82, 2.24) is 9.62 Å². The van der Waals surface area contributed by atoms with Crippen LogP contribution >= 0.6 is 0 Å². The fourth-order valence-corrected chi connectivity index (χ4v) is 7.37. The van der Waals surface area contributed by atoms with E-state index in [2.05, 4.69) is 5.32 Å². The number of carbonyl (C=O) groups excluding carboxylic acids is 1. The number of rotatable bonds is 11. The smallest absolute Gasteiger partial charge is 0.409 e. The lowest BCUT2D eigenvalue weighted by atomic mass is 9.91. The highest BCUT2D eigenvalue weighted by atomic mass is 32.2. The molecule has 3 fully saturated rings. The molecule has 0 saturated carbocycles. The molecule has 0 aliphatic carbocycles. The predicted molar refractivity (Wildman–Crippen MR) is 150 cm³/mol. The Kier molecular flexibility index (Phi) is 9.17. The van der Waals surface area contributed by atoms with Gasteiger partial charge < -0.3 is 35.1 Å². The molecule has 12 heteroatoms. The molecule has 4 N–H and O–H groups in total. The minimum Gasteiger partial charge on any atom is -0.420 e. The monoisotopic (exact) mass is 589 g/mol. The number of hydrogen-bond acceptors (Lipinski definition) is 9. The number of anilines is 1. The van der Waals surface area contributed by atoms with Crippen LogP contribution in [0.2, 0.25) is 0 Å². The van der Waals surface area contributed by atoms with Crippen molar-refractivity contribution in [2.75, 3.05) is 32.0 Å². The third kappa shape index (κ3) is 7.02. The standard InChI is InChI=1S/C29H39N3O8S/c1-18(2)14-32(41(35,36)21-10-8-20(30)9-11-21)15-25(33)24(12-19-6-4-3-5-7-19)31-29(34)40-27-13-22-23-16-37-17-26(23)38-28(22)39-27/h3-11,18,22-28,33H,12-17,30H2,1-2H3,(H,31,34)/t22-,23-,24+,25-,26-,27-,28-/m1/s1. The number of fused-ring (bicyclic) bond motifs is 3. The van der Waals surface area contributed by atoms with Gasteiger partial charge in [-0.15, -0.1) is 0 Å². The summed E-state index contributed by atoms with van der Waals surface area (Å²) in [5, 5.41) is 14.2. The van der Waals surface area contributed by atoms with Crippen molar-refractivity contribution in [3.8, 4) is 0 Å². The first-order chi connectivity index (χ1) is 19.6. The Morgan fingerprint density at radius 2 is 1.80 bits per heavy atom. The van der Waals surface area contributed by atoms with Gasteiger partial charge in [0.15, 0.2) is 6.29 Å². The number of aliphatic hydroxyl groups excluding tert-OH is 1. The van der Waals surface area contributed by atoms with E-state index in [-0.39, 0.29) is 48.3 Å². The summed E-state index contributed by atoms with van der Waals surface area (Å²) >= 11 is 0. The Morgan fingerprint density at radius 1 is 1.07 bits per heavy atom. The third-order valence-corrected chi connectivity index (χ3v) is 9.66. The maximum Gasteiger partial charge on any atom is 0.409 e. The molecule has 0 aromatic heterocycles. The number of aliphatic hydroxyl groups is 1. The quantitative estimate of drug-likeness (QED) is 0.336. The zero-order valence-corrected chi connectivity index (χ0v) is 24.1. The molecule has 5 rings (SSSR count). The van der Waals surface area contributed by atoms with Crippen LogP contribution in [0.5, 0.6) is 0 Å². The number of amides is 1. The minimum absolute atomic E-state index is 0.0118. The number of benzene rings is 2. The zero-order chi connectivity index (χ0) is 29.1. The molecular formula is C29H39N3O8S. The van der Waals surface area contributed by atoms with Gasteiger partial charge in [0, 0.05) is 37.0 Å². The van der Waals surface area contributed by atoms with Crippen molar-refractivity contribution in [1.29, 1.82) is 0 Å². The highest BCUT2D eigenvalue weighted by Crippen LogP contribution is 2.45. The Hall–Kier alpha value is -2.74. The first kappa shape index (κ1) is 29.7. The van der Waals surface area contributed by atoms with Crippen LogP contribution in [0.25, 0.3) is 0 Å². The van der Waals surface area contributed by atoms with Crippen molar-refractivity contribution in [3.05, 3.63) is 60.2 Å². The van der Waals surface area contributed by atoms with Crippen molar-refractivity contribution in [2.24, 2.45) is 17.8 Å². The molecule has 3 heterocycles. The van der Waals surface area contributed by atoms with Gasteiger partial charge >= 0.3 is 6.09 Å². The van der Waals surface area contributed by atoms with Crippen LogP contribution in [0.15, 0.2) is 59.5 Å². The van der Waals surface area contributed by atoms with E-state index >= 15 is 0 Å². The van der Waals surface area contributed by atoms with Crippen LogP contribution in [0.3, 0.4) is 0 Å². The van der Waals surface area contributed by atoms with Crippen LogP contribution < -0.4 is 11.1 Å². The highest BCUT2D eigenvalue weighted by Gasteiger charge is 2.54. The average Bonchev–Trinajstić information content (AvgIpc) is 3.61. The topological polar surface area (TPSA) is 150 Å². The second-order valence-electron chi connectivity index (χ2n) is 11.4. The second-order valence-corrected chi connectivity index (χ2v) is 13.3. The lowest BCUT2D eigenvalue weighted by molar-refractivity contribution is -0.192. The molecule has 1 amide bonds. The highest BCUT2D eigenvalue weighted by molar-refractivity contribution is 7.89. The average molecular weight is 590 g/mol. The van der Waals surface area contributed by atoms with E-state index in [0.717, 1.165) is 5.56 Å². The summed E-state index contributed by atoms with van der Waals surface area (Å²) in [5.74, 6) is 0.302. The van der Waals surface area contributed by atoms with Gasteiger partial charge in [0.25, 0.3) is 0 Å². The Balaban J connectivity index is 1.28. The Bertz CT molecular complexity index is 1280. The molecule has 7 atom stereocenters. The number of nitrogens with one attached hydrogen (secondary N) is 1. The van der Waals surface area contributed by atoms with Gasteiger partial charge in [-0.05, 0) is 42.2 Å². The number of carbonyl (C=O) groups is 1. The predicted octanol–water partition coefficient (Wildman–Crippen LogP) is 2.35. The molecule has 0 radical (unpaired) electrons. The molecule has 41 heavy (non-hydrogen) atoms. The van der Waals surface area contributed by atoms with Gasteiger partial charge in [-0.1, -0.05) is 44.2 Å². The molecule has 3 aliphatic heterocycles. The molecule has 0 spiro atoms. The summed E-state index contributed by atoms with van der Waals surface area (Å²) in [7, 11) is -3.95. The normalized spacial score (nSPS) is 27.0. The maximum atomic E-state index is 13.5. The van der Waals surface area contributed by atoms with Crippen LogP contribution in [-0.2, 0) is 35.4 Å². The summed E-state index contributed by atoms with van der Waals surface area (Å²) < 4.78 is 51.2. The van der Waals surface area contributed by atoms with Crippen molar-refractivity contribution in [2.45, 2.75) is 62.4 Å². The van der Waals surface area contributed by atoms with Crippen molar-refractivity contribution >= 4 is 21.8 Å². The molecule has 3 saturated heterocycles. The van der Waals surface area contributed by atoms with E-state index in [1.165, 1.54) is 28.6 Å². The van der Waals surface area contributed by atoms with Crippen LogP contribution in [0.1, 0.15) is 25.8 Å². The lowest BCUT2D eigenvalue weighted by Crippen LogP contribution is -2.51. The molecule has 2 aromatic rings. The van der Waals surface area contributed by atoms with E-state index < -0.39 is 40.8 Å². The molecule has 11 nitrogen and oxygen atoms in total. The fourth-order valence-electron chi connectivity index (χ4n) is 5.75. The van der Waals surface area contributed by atoms with E-state index in [1.54, 1.807) is 0 Å². The van der Waals surface area contributed by atoms with Crippen molar-refractivity contribution in [3.63, 3.8) is 0 Å². The van der Waals surface area contributed by atoms with Crippen molar-refractivity contribution < 1.29 is 37.3 Å². The van der Waals surface area contributed by atoms with Crippen LogP contribution in [0, 0.1) is 17.8 Å². The molecule has 0 bridgehead atoms. The molecule has 224 valence electrons. The number of hydrogen-bond donors (Lipinski definition) is 3. The summed E-state index contributed by atoms with van der Waals surface area (Å²) in [5.41, 5.74) is 7.06. The number of nitrogens with two attached hydrogens (primary N) is 1. The first-order valence-corrected chi connectivity index (χ1v) is 15.5. The van der Waals surface area contributed by atoms with E-state index in [1.807, 2.05) is 44.2 Å². The summed E-state index contributed by atoms with van der Waals surface area (Å²) in [4.78, 5) is 13.1. The summed E-state index contributed by atoms with van der Waals surface area (Å²) in [6.07, 6.45) is -2.44. The minimum atomic E-state index is -3.95. The Labute approximate surface area is 240 Å². The van der Waals surface area contributed by atoms with Gasteiger partial charge in [-0.25, -0.2) is 13.2 Å².